The lowest BCUT2D eigenvalue weighted by Crippen LogP contribution is -2.45. The van der Waals surface area contributed by atoms with Crippen molar-refractivity contribution in [3.05, 3.63) is 109 Å². The van der Waals surface area contributed by atoms with E-state index in [2.05, 4.69) is 89.8 Å². The Balaban J connectivity index is 1.24. The van der Waals surface area contributed by atoms with E-state index in [0.29, 0.717) is 24.7 Å². The SMILES string of the molecule is CC(C)(C)[Si](C)(C)OC(CCc1cccnc1)COc1ccc(OBOc2ccc(OCC(CCc3cccnc3)O[Si](C)(C)C(C)(C)C)cc2)cc1. The molecule has 0 aliphatic heterocycles. The third-order valence-corrected chi connectivity index (χ3v) is 19.5. The van der Waals surface area contributed by atoms with Crippen molar-refractivity contribution >= 4 is 24.3 Å². The quantitative estimate of drug-likeness (QED) is 0.0825. The molecule has 0 amide bonds. The number of ether oxygens (including phenoxy) is 2. The molecule has 0 aliphatic carbocycles. The van der Waals surface area contributed by atoms with Gasteiger partial charge in [-0.2, -0.15) is 0 Å². The average molecular weight is 757 g/mol. The van der Waals surface area contributed by atoms with Gasteiger partial charge in [-0.05, 0) is 134 Å². The van der Waals surface area contributed by atoms with E-state index in [-0.39, 0.29) is 30.0 Å². The van der Waals surface area contributed by atoms with Crippen molar-refractivity contribution in [2.24, 2.45) is 0 Å². The van der Waals surface area contributed by atoms with Crippen LogP contribution in [0.25, 0.3) is 0 Å². The summed E-state index contributed by atoms with van der Waals surface area (Å²) in [5.74, 6) is 2.94. The molecule has 2 heterocycles. The van der Waals surface area contributed by atoms with Crippen LogP contribution in [0, 0.1) is 0 Å². The van der Waals surface area contributed by atoms with Crippen molar-refractivity contribution < 1.29 is 27.6 Å². The molecule has 2 aromatic heterocycles. The Hall–Kier alpha value is -3.64. The first-order valence-electron chi connectivity index (χ1n) is 18.9. The fourth-order valence-corrected chi connectivity index (χ4v) is 7.84. The Morgan fingerprint density at radius 3 is 1.23 bits per heavy atom. The van der Waals surface area contributed by atoms with E-state index >= 15 is 0 Å². The lowest BCUT2D eigenvalue weighted by molar-refractivity contribution is 0.108. The Kier molecular flexibility index (Phi) is 15.2. The predicted molar refractivity (Wildman–Crippen MR) is 222 cm³/mol. The summed E-state index contributed by atoms with van der Waals surface area (Å²) in [6.07, 6.45) is 10.9. The zero-order chi connectivity index (χ0) is 38.5. The number of nitrogens with zero attached hydrogens (tertiary/aromatic N) is 2. The fourth-order valence-electron chi connectivity index (χ4n) is 5.09. The van der Waals surface area contributed by atoms with Crippen LogP contribution in [0.2, 0.25) is 36.3 Å². The zero-order valence-electron chi connectivity index (χ0n) is 33.7. The first kappa shape index (κ1) is 42.1. The van der Waals surface area contributed by atoms with Crippen LogP contribution >= 0.6 is 0 Å². The van der Waals surface area contributed by atoms with Crippen LogP contribution in [0.4, 0.5) is 0 Å². The number of aromatic nitrogens is 2. The molecule has 4 aromatic rings. The van der Waals surface area contributed by atoms with Crippen molar-refractivity contribution in [1.82, 2.24) is 9.97 Å². The number of benzene rings is 2. The molecule has 286 valence electrons. The highest BCUT2D eigenvalue weighted by molar-refractivity contribution is 6.74. The fraction of sp³-hybridized carbons (Fsp3) is 0.476. The van der Waals surface area contributed by atoms with Gasteiger partial charge in [0.15, 0.2) is 16.6 Å². The molecule has 0 spiro atoms. The van der Waals surface area contributed by atoms with Gasteiger partial charge in [0.2, 0.25) is 0 Å². The summed E-state index contributed by atoms with van der Waals surface area (Å²) >= 11 is 0. The monoisotopic (exact) mass is 756 g/mol. The molecule has 2 unspecified atom stereocenters. The number of rotatable bonds is 20. The minimum absolute atomic E-state index is 0.0216. The predicted octanol–water partition coefficient (Wildman–Crippen LogP) is 10.0. The maximum Gasteiger partial charge on any atom is 0.576 e. The third kappa shape index (κ3) is 13.9. The highest BCUT2D eigenvalue weighted by atomic mass is 28.4. The summed E-state index contributed by atoms with van der Waals surface area (Å²) in [7, 11) is -3.88. The summed E-state index contributed by atoms with van der Waals surface area (Å²) < 4.78 is 37.8. The van der Waals surface area contributed by atoms with Crippen molar-refractivity contribution in [2.75, 3.05) is 13.2 Å². The van der Waals surface area contributed by atoms with Gasteiger partial charge in [-0.1, -0.05) is 53.7 Å². The Morgan fingerprint density at radius 1 is 0.547 bits per heavy atom. The van der Waals surface area contributed by atoms with Crippen LogP contribution in [0.1, 0.15) is 65.5 Å². The standard InChI is InChI=1S/C42H61BN2O6Si2/c1-41(2,3)52(7,8)50-39(17-15-33-13-11-27-44-29-33)31-46-35-19-23-37(24-20-35)48-43-49-38-25-21-36(22-26-38)47-32-40(51-53(9,10)42(4,5)6)18-16-34-14-12-28-45-30-34/h11-14,19-30,39-40,43H,15-18,31-32H2,1-10H3. The molecule has 0 N–H and O–H groups in total. The van der Waals surface area contributed by atoms with E-state index in [1.165, 1.54) is 11.1 Å². The lowest BCUT2D eigenvalue weighted by Gasteiger charge is -2.39. The van der Waals surface area contributed by atoms with Gasteiger partial charge in [0.05, 0.1) is 12.2 Å². The lowest BCUT2D eigenvalue weighted by atomic mass is 10.1. The first-order valence-corrected chi connectivity index (χ1v) is 24.7. The summed E-state index contributed by atoms with van der Waals surface area (Å²) in [6, 6.07) is 23.4. The highest BCUT2D eigenvalue weighted by Crippen LogP contribution is 2.39. The Bertz CT molecular complexity index is 1510. The maximum absolute atomic E-state index is 6.79. The smallest absolute Gasteiger partial charge is 0.529 e. The number of aryl methyl sites for hydroxylation is 2. The molecule has 0 fully saturated rings. The van der Waals surface area contributed by atoms with Crippen molar-refractivity contribution in [3.63, 3.8) is 0 Å². The van der Waals surface area contributed by atoms with Gasteiger partial charge in [-0.15, -0.1) is 0 Å². The van der Waals surface area contributed by atoms with Gasteiger partial charge in [-0.3, -0.25) is 9.97 Å². The molecule has 8 nitrogen and oxygen atoms in total. The van der Waals surface area contributed by atoms with E-state index in [1.807, 2.05) is 73.1 Å². The Morgan fingerprint density at radius 2 is 0.906 bits per heavy atom. The number of hydrogen-bond acceptors (Lipinski definition) is 8. The van der Waals surface area contributed by atoms with Gasteiger partial charge in [-0.25, -0.2) is 0 Å². The summed E-state index contributed by atoms with van der Waals surface area (Å²) in [5, 5.41) is 0.225. The summed E-state index contributed by atoms with van der Waals surface area (Å²) in [4.78, 5) is 8.53. The van der Waals surface area contributed by atoms with E-state index < -0.39 is 16.6 Å². The minimum Gasteiger partial charge on any atom is -0.529 e. The van der Waals surface area contributed by atoms with E-state index in [4.69, 9.17) is 27.6 Å². The number of hydrogen-bond donors (Lipinski definition) is 0. The van der Waals surface area contributed by atoms with Gasteiger partial charge < -0.3 is 27.6 Å². The van der Waals surface area contributed by atoms with E-state index in [0.717, 1.165) is 37.2 Å². The normalized spacial score (nSPS) is 13.5. The zero-order valence-corrected chi connectivity index (χ0v) is 35.7. The molecular formula is C42H61BN2O6Si2. The molecule has 2 atom stereocenters. The maximum atomic E-state index is 6.79. The number of pyridine rings is 2. The van der Waals surface area contributed by atoms with Gasteiger partial charge in [0.25, 0.3) is 0 Å². The minimum atomic E-state index is -1.98. The molecule has 2 aromatic carbocycles. The molecule has 0 radical (unpaired) electrons. The molecule has 0 aliphatic rings. The van der Waals surface area contributed by atoms with Crippen molar-refractivity contribution in [2.45, 2.75) is 116 Å². The van der Waals surface area contributed by atoms with Crippen LogP contribution in [0.15, 0.2) is 97.6 Å². The van der Waals surface area contributed by atoms with Crippen molar-refractivity contribution in [3.8, 4) is 23.0 Å². The third-order valence-electron chi connectivity index (χ3n) is 10.5. The summed E-state index contributed by atoms with van der Waals surface area (Å²) in [5.41, 5.74) is 2.40. The topological polar surface area (TPSA) is 81.2 Å². The van der Waals surface area contributed by atoms with Crippen LogP contribution in [-0.2, 0) is 21.7 Å². The van der Waals surface area contributed by atoms with Gasteiger partial charge in [0, 0.05) is 24.8 Å². The highest BCUT2D eigenvalue weighted by Gasteiger charge is 2.40. The second-order valence-electron chi connectivity index (χ2n) is 16.8. The summed E-state index contributed by atoms with van der Waals surface area (Å²) in [6.45, 7) is 23.7. The van der Waals surface area contributed by atoms with E-state index in [1.54, 1.807) is 12.4 Å². The first-order chi connectivity index (χ1) is 25.0. The molecule has 53 heavy (non-hydrogen) atoms. The van der Waals surface area contributed by atoms with Crippen LogP contribution < -0.4 is 18.8 Å². The van der Waals surface area contributed by atoms with Crippen LogP contribution in [0.3, 0.4) is 0 Å². The largest absolute Gasteiger partial charge is 0.576 e. The molecule has 0 saturated carbocycles. The second-order valence-corrected chi connectivity index (χ2v) is 26.3. The van der Waals surface area contributed by atoms with Gasteiger partial charge >= 0.3 is 7.69 Å². The molecule has 0 saturated heterocycles. The van der Waals surface area contributed by atoms with E-state index in [9.17, 15) is 0 Å². The van der Waals surface area contributed by atoms with Crippen LogP contribution in [0.5, 0.6) is 23.0 Å². The molecule has 11 heteroatoms. The molecule has 4 rings (SSSR count). The van der Waals surface area contributed by atoms with Crippen molar-refractivity contribution in [1.29, 1.82) is 0 Å². The average Bonchev–Trinajstić information content (AvgIpc) is 3.11. The second kappa shape index (κ2) is 19.1. The molecular weight excluding hydrogens is 695 g/mol. The van der Waals surface area contributed by atoms with Crippen LogP contribution in [-0.4, -0.2) is 59.7 Å². The molecule has 0 bridgehead atoms. The Labute approximate surface area is 321 Å². The van der Waals surface area contributed by atoms with Gasteiger partial charge in [0.1, 0.15) is 36.2 Å².